The van der Waals surface area contributed by atoms with Crippen LogP contribution in [0.25, 0.3) is 33.5 Å². The fourth-order valence-corrected chi connectivity index (χ4v) is 4.16. The highest BCUT2D eigenvalue weighted by Gasteiger charge is 2.13. The highest BCUT2D eigenvalue weighted by Crippen LogP contribution is 2.31. The van der Waals surface area contributed by atoms with Gasteiger partial charge in [0.1, 0.15) is 17.4 Å². The third-order valence-corrected chi connectivity index (χ3v) is 5.91. The molecule has 0 amide bonds. The summed E-state index contributed by atoms with van der Waals surface area (Å²) in [6, 6.07) is 19.8. The van der Waals surface area contributed by atoms with Gasteiger partial charge in [-0.3, -0.25) is 10.1 Å². The quantitative estimate of drug-likeness (QED) is 0.213. The maximum atomic E-state index is 5.42. The molecule has 0 spiro atoms. The number of aromatic nitrogens is 5. The van der Waals surface area contributed by atoms with E-state index in [1.807, 2.05) is 48.5 Å². The Bertz CT molecular complexity index is 1390. The van der Waals surface area contributed by atoms with Crippen molar-refractivity contribution in [2.24, 2.45) is 0 Å². The zero-order chi connectivity index (χ0) is 21.9. The number of hydrogen-bond donors (Lipinski definition) is 2. The number of methoxy groups -OCH3 is 1. The number of alkyl halides is 1. The standard InChI is InChI=1S/C24H19IN6O/c1-32-17-8-9-20-19(11-17)24(29-23(27-20)16-6-4-10-26-14-16)28-22-12-21(30-31-22)18-7-3-2-5-15(18)13-25/h2-12,14H,13H2,1H3,(H2,27,28,29,30,31). The normalized spacial score (nSPS) is 10.9. The molecule has 3 aromatic heterocycles. The number of halogens is 1. The SMILES string of the molecule is COc1ccc2nc(-c3cccnc3)nc(Nc3cc(-c4ccccc4CI)n[nH]3)c2c1. The molecule has 0 aliphatic carbocycles. The summed E-state index contributed by atoms with van der Waals surface area (Å²) >= 11 is 2.37. The molecule has 0 aliphatic heterocycles. The zero-order valence-corrected chi connectivity index (χ0v) is 19.4. The summed E-state index contributed by atoms with van der Waals surface area (Å²) in [7, 11) is 1.64. The van der Waals surface area contributed by atoms with E-state index in [4.69, 9.17) is 14.7 Å². The van der Waals surface area contributed by atoms with Gasteiger partial charge in [-0.05, 0) is 35.9 Å². The highest BCUT2D eigenvalue weighted by atomic mass is 127. The summed E-state index contributed by atoms with van der Waals surface area (Å²) in [6.07, 6.45) is 3.48. The summed E-state index contributed by atoms with van der Waals surface area (Å²) in [5.41, 5.74) is 4.87. The molecule has 0 bridgehead atoms. The minimum atomic E-state index is 0.591. The Morgan fingerprint density at radius 2 is 1.94 bits per heavy atom. The lowest BCUT2D eigenvalue weighted by Gasteiger charge is -2.11. The summed E-state index contributed by atoms with van der Waals surface area (Å²) < 4.78 is 6.33. The van der Waals surface area contributed by atoms with Gasteiger partial charge in [0.05, 0.1) is 18.3 Å². The number of hydrogen-bond acceptors (Lipinski definition) is 6. The minimum absolute atomic E-state index is 0.591. The van der Waals surface area contributed by atoms with Gasteiger partial charge in [-0.25, -0.2) is 9.97 Å². The number of H-pyrrole nitrogens is 1. The molecule has 0 fully saturated rings. The van der Waals surface area contributed by atoms with E-state index in [1.54, 1.807) is 19.5 Å². The molecule has 0 unspecified atom stereocenters. The van der Waals surface area contributed by atoms with E-state index in [-0.39, 0.29) is 0 Å². The number of aromatic amines is 1. The molecular weight excluding hydrogens is 515 g/mol. The maximum Gasteiger partial charge on any atom is 0.163 e. The zero-order valence-electron chi connectivity index (χ0n) is 17.2. The van der Waals surface area contributed by atoms with Crippen molar-refractivity contribution in [1.29, 1.82) is 0 Å². The van der Waals surface area contributed by atoms with Crippen LogP contribution in [0.1, 0.15) is 5.56 Å². The molecule has 0 saturated heterocycles. The van der Waals surface area contributed by atoms with E-state index in [0.717, 1.165) is 43.7 Å². The van der Waals surface area contributed by atoms with Gasteiger partial charge >= 0.3 is 0 Å². The van der Waals surface area contributed by atoms with Crippen LogP contribution in [0.2, 0.25) is 0 Å². The molecule has 8 heteroatoms. The first-order chi connectivity index (χ1) is 15.7. The van der Waals surface area contributed by atoms with Crippen molar-refractivity contribution >= 4 is 45.1 Å². The molecule has 0 atom stereocenters. The van der Waals surface area contributed by atoms with Crippen LogP contribution in [0, 0.1) is 0 Å². The van der Waals surface area contributed by atoms with Gasteiger partial charge in [0.25, 0.3) is 0 Å². The van der Waals surface area contributed by atoms with Crippen LogP contribution >= 0.6 is 22.6 Å². The van der Waals surface area contributed by atoms with Crippen molar-refractivity contribution in [1.82, 2.24) is 25.1 Å². The molecule has 5 aromatic rings. The van der Waals surface area contributed by atoms with Gasteiger partial charge in [-0.1, -0.05) is 46.9 Å². The second-order valence-corrected chi connectivity index (χ2v) is 7.87. The minimum Gasteiger partial charge on any atom is -0.497 e. The van der Waals surface area contributed by atoms with Crippen LogP contribution in [-0.4, -0.2) is 32.3 Å². The van der Waals surface area contributed by atoms with Gasteiger partial charge in [-0.15, -0.1) is 0 Å². The molecule has 2 aromatic carbocycles. The Labute approximate surface area is 198 Å². The van der Waals surface area contributed by atoms with E-state index < -0.39 is 0 Å². The molecule has 2 N–H and O–H groups in total. The Morgan fingerprint density at radius 1 is 1.03 bits per heavy atom. The van der Waals surface area contributed by atoms with Crippen molar-refractivity contribution in [3.63, 3.8) is 0 Å². The van der Waals surface area contributed by atoms with Gasteiger partial charge in [0, 0.05) is 39.4 Å². The maximum absolute atomic E-state index is 5.42. The van der Waals surface area contributed by atoms with Crippen molar-refractivity contribution in [3.05, 3.63) is 78.6 Å². The van der Waals surface area contributed by atoms with Gasteiger partial charge < -0.3 is 10.1 Å². The van der Waals surface area contributed by atoms with Gasteiger partial charge in [-0.2, -0.15) is 5.10 Å². The Kier molecular flexibility index (Phi) is 5.68. The predicted molar refractivity (Wildman–Crippen MR) is 134 cm³/mol. The van der Waals surface area contributed by atoms with E-state index in [1.165, 1.54) is 5.56 Å². The third-order valence-electron chi connectivity index (χ3n) is 5.09. The third kappa shape index (κ3) is 4.01. The van der Waals surface area contributed by atoms with Crippen molar-refractivity contribution < 1.29 is 4.74 Å². The fraction of sp³-hybridized carbons (Fsp3) is 0.0833. The molecular formula is C24H19IN6O. The topological polar surface area (TPSA) is 88.6 Å². The van der Waals surface area contributed by atoms with E-state index in [2.05, 4.69) is 55.2 Å². The molecule has 7 nitrogen and oxygen atoms in total. The number of anilines is 2. The molecule has 0 saturated carbocycles. The summed E-state index contributed by atoms with van der Waals surface area (Å²) in [5.74, 6) is 2.72. The lowest BCUT2D eigenvalue weighted by molar-refractivity contribution is 0.415. The molecule has 0 radical (unpaired) electrons. The molecule has 5 rings (SSSR count). The summed E-state index contributed by atoms with van der Waals surface area (Å²) in [6.45, 7) is 0. The summed E-state index contributed by atoms with van der Waals surface area (Å²) in [5, 5.41) is 11.8. The van der Waals surface area contributed by atoms with Crippen LogP contribution in [0.4, 0.5) is 11.6 Å². The first-order valence-electron chi connectivity index (χ1n) is 9.98. The van der Waals surface area contributed by atoms with E-state index in [9.17, 15) is 0 Å². The van der Waals surface area contributed by atoms with Crippen molar-refractivity contribution in [3.8, 4) is 28.4 Å². The number of fused-ring (bicyclic) bond motifs is 1. The highest BCUT2D eigenvalue weighted by molar-refractivity contribution is 14.1. The van der Waals surface area contributed by atoms with E-state index >= 15 is 0 Å². The van der Waals surface area contributed by atoms with E-state index in [0.29, 0.717) is 11.6 Å². The lowest BCUT2D eigenvalue weighted by atomic mass is 10.1. The Balaban J connectivity index is 1.58. The number of pyridine rings is 1. The fourth-order valence-electron chi connectivity index (χ4n) is 3.49. The van der Waals surface area contributed by atoms with Gasteiger partial charge in [0.2, 0.25) is 0 Å². The Hall–Kier alpha value is -3.53. The van der Waals surface area contributed by atoms with Crippen LogP contribution in [0.3, 0.4) is 0 Å². The molecule has 3 heterocycles. The number of ether oxygens (including phenoxy) is 1. The number of nitrogens with zero attached hydrogens (tertiary/aromatic N) is 4. The number of nitrogens with one attached hydrogen (secondary N) is 2. The number of benzene rings is 2. The van der Waals surface area contributed by atoms with Crippen molar-refractivity contribution in [2.45, 2.75) is 4.43 Å². The second kappa shape index (κ2) is 8.91. The van der Waals surface area contributed by atoms with Crippen LogP contribution in [0.15, 0.2) is 73.1 Å². The van der Waals surface area contributed by atoms with Gasteiger partial charge in [0.15, 0.2) is 5.82 Å². The molecule has 32 heavy (non-hydrogen) atoms. The van der Waals surface area contributed by atoms with Crippen LogP contribution < -0.4 is 10.1 Å². The van der Waals surface area contributed by atoms with Crippen LogP contribution in [0.5, 0.6) is 5.75 Å². The van der Waals surface area contributed by atoms with Crippen molar-refractivity contribution in [2.75, 3.05) is 12.4 Å². The first-order valence-corrected chi connectivity index (χ1v) is 11.5. The van der Waals surface area contributed by atoms with Crippen LogP contribution in [-0.2, 0) is 4.43 Å². The smallest absolute Gasteiger partial charge is 0.163 e. The predicted octanol–water partition coefficient (Wildman–Crippen LogP) is 5.77. The monoisotopic (exact) mass is 534 g/mol. The average Bonchev–Trinajstić information content (AvgIpc) is 3.32. The Morgan fingerprint density at radius 3 is 2.75 bits per heavy atom. The second-order valence-electron chi connectivity index (χ2n) is 7.10. The number of rotatable bonds is 6. The summed E-state index contributed by atoms with van der Waals surface area (Å²) in [4.78, 5) is 13.7. The lowest BCUT2D eigenvalue weighted by Crippen LogP contribution is -2.00. The molecule has 0 aliphatic rings. The molecule has 158 valence electrons. The largest absolute Gasteiger partial charge is 0.497 e. The first kappa shape index (κ1) is 20.4. The average molecular weight is 534 g/mol.